The largest absolute Gasteiger partial charge is 2.00 e. The van der Waals surface area contributed by atoms with Gasteiger partial charge >= 0.3 is 16.8 Å². The van der Waals surface area contributed by atoms with Crippen LogP contribution in [0, 0.1) is 0 Å². The molecule has 0 fully saturated rings. The summed E-state index contributed by atoms with van der Waals surface area (Å²) in [5, 5.41) is 7.85. The van der Waals surface area contributed by atoms with Crippen molar-refractivity contribution in [2.45, 2.75) is 0 Å². The van der Waals surface area contributed by atoms with Crippen LogP contribution in [0.5, 0.6) is 0 Å². The van der Waals surface area contributed by atoms with Gasteiger partial charge in [-0.05, 0) is 0 Å². The molecule has 3 aromatic heterocycles. The predicted molar refractivity (Wildman–Crippen MR) is 169 cm³/mol. The minimum atomic E-state index is -2.36. The van der Waals surface area contributed by atoms with Crippen LogP contribution in [-0.4, -0.2) is 48.6 Å². The fraction of sp³-hybridized carbons (Fsp3) is 0. The van der Waals surface area contributed by atoms with E-state index in [1.807, 2.05) is 97.1 Å². The molecule has 1 unspecified atom stereocenters. The molecule has 0 saturated carbocycles. The first kappa shape index (κ1) is 28.6. The van der Waals surface area contributed by atoms with Gasteiger partial charge in [-0.25, -0.2) is 29.9 Å². The van der Waals surface area contributed by atoms with E-state index in [2.05, 4.69) is 15.1 Å². The minimum absolute atomic E-state index is 0. The second-order valence-corrected chi connectivity index (χ2v) is 10.6. The van der Waals surface area contributed by atoms with Gasteiger partial charge in [-0.1, -0.05) is 97.1 Å². The van der Waals surface area contributed by atoms with E-state index < -0.39 is 11.3 Å². The number of rotatable bonds is 0. The van der Waals surface area contributed by atoms with E-state index >= 15 is 0 Å². The molecule has 11 nitrogen and oxygen atoms in total. The van der Waals surface area contributed by atoms with Crippen LogP contribution in [0.3, 0.4) is 0 Å². The van der Waals surface area contributed by atoms with Gasteiger partial charge in [0.1, 0.15) is 22.6 Å². The monoisotopic (exact) mass is 653 g/mol. The summed E-state index contributed by atoms with van der Waals surface area (Å²) in [5.41, 5.74) is 6.45. The Kier molecular flexibility index (Phi) is 7.23. The molecule has 0 amide bonds. The number of H-pyrrole nitrogens is 2. The van der Waals surface area contributed by atoms with E-state index in [4.69, 9.17) is 38.7 Å². The molecular formula is C32H20CoN9O2S+. The molecule has 1 radical (unpaired) electrons. The molecule has 4 aromatic carbocycles. The van der Waals surface area contributed by atoms with Gasteiger partial charge < -0.3 is 14.5 Å². The Morgan fingerprint density at radius 3 is 0.933 bits per heavy atom. The molecule has 0 aliphatic carbocycles. The maximum Gasteiger partial charge on any atom is 2.00 e. The smallest absolute Gasteiger partial charge is 0.760 e. The second kappa shape index (κ2) is 11.4. The van der Waals surface area contributed by atoms with Crippen LogP contribution in [0.1, 0.15) is 0 Å². The number of nitrogens with two attached hydrogens (primary N) is 1. The first-order valence-corrected chi connectivity index (χ1v) is 14.7. The van der Waals surface area contributed by atoms with Crippen molar-refractivity contribution in [2.75, 3.05) is 0 Å². The first-order chi connectivity index (χ1) is 21.5. The Morgan fingerprint density at radius 2 is 0.689 bits per heavy atom. The third-order valence-electron chi connectivity index (χ3n) is 7.46. The molecule has 7 aromatic rings. The van der Waals surface area contributed by atoms with E-state index in [1.165, 1.54) is 0 Å². The molecule has 2 aliphatic heterocycles. The maximum absolute atomic E-state index is 8.78. The van der Waals surface area contributed by atoms with Gasteiger partial charge in [-0.3, -0.25) is 9.35 Å². The summed E-state index contributed by atoms with van der Waals surface area (Å²) >= 11 is -2.36. The summed E-state index contributed by atoms with van der Waals surface area (Å²) in [4.78, 5) is 36.8. The van der Waals surface area contributed by atoms with Gasteiger partial charge in [0.25, 0.3) is 0 Å². The number of fused-ring (bicyclic) bond motifs is 20. The van der Waals surface area contributed by atoms with Crippen molar-refractivity contribution in [3.8, 4) is 45.6 Å². The zero-order valence-corrected chi connectivity index (χ0v) is 24.9. The predicted octanol–water partition coefficient (Wildman–Crippen LogP) is 5.61. The third-order valence-corrected chi connectivity index (χ3v) is 7.46. The van der Waals surface area contributed by atoms with Crippen molar-refractivity contribution in [3.63, 3.8) is 0 Å². The first-order valence-electron chi connectivity index (χ1n) is 13.6. The molecule has 4 N–H and O–H groups in total. The number of nitrogens with one attached hydrogen (secondary N) is 2. The van der Waals surface area contributed by atoms with Crippen molar-refractivity contribution >= 4 is 55.4 Å². The molecule has 8 bridgehead atoms. The molecule has 219 valence electrons. The standard InChI is InChI=1S/C32H18N8.Co.H3NO2S/c1-2-10-18-17(9-1)25-33-26(18)38-28-21-13-5-6-14-22(21)30(35-28)40-32-24-16-8-7-15-23(24)31(36-32)39-29-20-12-4-3-11-19(20)27(34-29)37-25;;1-4(2)3/h1-16H,(H2,33,34,35,36,37,38,39,40);;1H2,(H,2,3)/q;+2;/p-1. The van der Waals surface area contributed by atoms with Crippen LogP contribution < -0.4 is 5.14 Å². The van der Waals surface area contributed by atoms with Crippen LogP contribution in [0.15, 0.2) is 97.1 Å². The zero-order valence-electron chi connectivity index (χ0n) is 23.1. The number of nitrogens with zero attached hydrogens (tertiary/aromatic N) is 6. The van der Waals surface area contributed by atoms with E-state index in [0.29, 0.717) is 45.9 Å². The number of hydrogen-bond acceptors (Lipinski definition) is 8. The zero-order chi connectivity index (χ0) is 29.8. The van der Waals surface area contributed by atoms with Crippen molar-refractivity contribution in [3.05, 3.63) is 97.1 Å². The molecule has 9 rings (SSSR count). The van der Waals surface area contributed by atoms with Crippen molar-refractivity contribution in [1.82, 2.24) is 39.9 Å². The van der Waals surface area contributed by atoms with Crippen LogP contribution in [-0.2, 0) is 28.0 Å². The Bertz CT molecular complexity index is 2150. The van der Waals surface area contributed by atoms with Gasteiger partial charge in [0.05, 0.1) is 0 Å². The molecule has 45 heavy (non-hydrogen) atoms. The van der Waals surface area contributed by atoms with Gasteiger partial charge in [0.2, 0.25) is 0 Å². The summed E-state index contributed by atoms with van der Waals surface area (Å²) < 4.78 is 17.6. The van der Waals surface area contributed by atoms with Gasteiger partial charge in [-0.2, -0.15) is 0 Å². The summed E-state index contributed by atoms with van der Waals surface area (Å²) in [5.74, 6) is 2.39. The van der Waals surface area contributed by atoms with Crippen molar-refractivity contribution < 1.29 is 25.5 Å². The molecule has 2 aliphatic rings. The average molecular weight is 654 g/mol. The van der Waals surface area contributed by atoms with E-state index in [9.17, 15) is 0 Å². The topological polar surface area (TPSA) is 175 Å². The van der Waals surface area contributed by atoms with Crippen LogP contribution in [0.4, 0.5) is 0 Å². The molecule has 0 saturated heterocycles. The minimum Gasteiger partial charge on any atom is -0.760 e. The van der Waals surface area contributed by atoms with Gasteiger partial charge in [-0.15, -0.1) is 0 Å². The normalized spacial score (nSPS) is 12.0. The molecule has 1 atom stereocenters. The van der Waals surface area contributed by atoms with Crippen LogP contribution in [0.25, 0.3) is 89.7 Å². The van der Waals surface area contributed by atoms with Crippen LogP contribution in [0.2, 0.25) is 0 Å². The molecular weight excluding hydrogens is 633 g/mol. The summed E-state index contributed by atoms with van der Waals surface area (Å²) in [6, 6.07) is 32.2. The van der Waals surface area contributed by atoms with E-state index in [1.54, 1.807) is 0 Å². The van der Waals surface area contributed by atoms with Crippen LogP contribution >= 0.6 is 0 Å². The molecule has 5 heterocycles. The number of aromatic nitrogens is 8. The van der Waals surface area contributed by atoms with E-state index in [-0.39, 0.29) is 16.8 Å². The summed E-state index contributed by atoms with van der Waals surface area (Å²) in [6.07, 6.45) is 0. The average Bonchev–Trinajstić information content (AvgIpc) is 3.76. The number of benzene rings is 4. The quantitative estimate of drug-likeness (QED) is 0.177. The summed E-state index contributed by atoms with van der Waals surface area (Å²) in [7, 11) is 0. The Hall–Kier alpha value is -5.18. The van der Waals surface area contributed by atoms with Crippen molar-refractivity contribution in [1.29, 1.82) is 0 Å². The molecule has 13 heteroatoms. The second-order valence-electron chi connectivity index (χ2n) is 10.1. The van der Waals surface area contributed by atoms with Gasteiger partial charge in [0, 0.05) is 55.1 Å². The SMILES string of the molecule is NS(=O)[O-].[Co+2].c1ccc2c(c1)-c1nc-2nc2[nH]c(nc3nc(nc4[nH]c(n1)c1ccccc41)-c1ccccc1-3)c1ccccc21. The number of hydrogen-bond donors (Lipinski definition) is 3. The fourth-order valence-electron chi connectivity index (χ4n) is 5.59. The van der Waals surface area contributed by atoms with Gasteiger partial charge in [0.15, 0.2) is 23.3 Å². The third kappa shape index (κ3) is 4.98. The Balaban J connectivity index is 0.000000617. The van der Waals surface area contributed by atoms with Crippen molar-refractivity contribution in [2.24, 2.45) is 5.14 Å². The Morgan fingerprint density at radius 1 is 0.467 bits per heavy atom. The summed E-state index contributed by atoms with van der Waals surface area (Å²) in [6.45, 7) is 0. The molecule has 0 spiro atoms. The number of aromatic amines is 2. The van der Waals surface area contributed by atoms with E-state index in [0.717, 1.165) is 43.8 Å². The maximum atomic E-state index is 8.78. The Labute approximate surface area is 267 Å². The fourth-order valence-corrected chi connectivity index (χ4v) is 5.59.